The Hall–Kier alpha value is -0.120. The van der Waals surface area contributed by atoms with Crippen LogP contribution in [0.1, 0.15) is 46.5 Å². The quantitative estimate of drug-likeness (QED) is 0.625. The summed E-state index contributed by atoms with van der Waals surface area (Å²) < 4.78 is 5.17. The minimum absolute atomic E-state index is 0.325. The van der Waals surface area contributed by atoms with Crippen LogP contribution in [0.5, 0.6) is 0 Å². The molecule has 0 fully saturated rings. The molecule has 0 bridgehead atoms. The summed E-state index contributed by atoms with van der Waals surface area (Å²) in [7, 11) is 1.77. The maximum Gasteiger partial charge on any atom is 0.0589 e. The molecule has 3 heteroatoms. The van der Waals surface area contributed by atoms with Gasteiger partial charge in [-0.3, -0.25) is 4.90 Å². The molecule has 0 aliphatic carbocycles. The summed E-state index contributed by atoms with van der Waals surface area (Å²) in [6.07, 6.45) is 4.75. The number of nitrogens with two attached hydrogens (primary N) is 1. The number of hydrogen-bond donors (Lipinski definition) is 1. The Balaban J connectivity index is 3.97. The molecular formula is C13H30N2O. The Bertz CT molecular complexity index is 147. The first-order chi connectivity index (χ1) is 7.65. The van der Waals surface area contributed by atoms with Gasteiger partial charge in [0.05, 0.1) is 6.61 Å². The molecule has 0 radical (unpaired) electrons. The summed E-state index contributed by atoms with van der Waals surface area (Å²) in [6.45, 7) is 9.63. The lowest BCUT2D eigenvalue weighted by Crippen LogP contribution is -2.38. The van der Waals surface area contributed by atoms with Crippen LogP contribution < -0.4 is 5.73 Å². The molecule has 3 nitrogen and oxygen atoms in total. The van der Waals surface area contributed by atoms with Crippen molar-refractivity contribution in [3.05, 3.63) is 0 Å². The number of nitrogens with zero attached hydrogens (tertiary/aromatic N) is 1. The predicted octanol–water partition coefficient (Wildman–Crippen LogP) is 2.25. The molecule has 1 atom stereocenters. The minimum Gasteiger partial charge on any atom is -0.383 e. The van der Waals surface area contributed by atoms with Crippen molar-refractivity contribution >= 4 is 0 Å². The van der Waals surface area contributed by atoms with Gasteiger partial charge in [0.1, 0.15) is 0 Å². The third kappa shape index (κ3) is 7.20. The number of methoxy groups -OCH3 is 1. The van der Waals surface area contributed by atoms with Gasteiger partial charge in [0, 0.05) is 25.7 Å². The van der Waals surface area contributed by atoms with Gasteiger partial charge in [-0.05, 0) is 39.2 Å². The molecule has 0 heterocycles. The van der Waals surface area contributed by atoms with Crippen LogP contribution in [0.4, 0.5) is 0 Å². The highest BCUT2D eigenvalue weighted by atomic mass is 16.5. The average molecular weight is 230 g/mol. The highest BCUT2D eigenvalue weighted by Gasteiger charge is 2.14. The van der Waals surface area contributed by atoms with Gasteiger partial charge < -0.3 is 10.5 Å². The van der Waals surface area contributed by atoms with E-state index in [1.54, 1.807) is 7.11 Å². The van der Waals surface area contributed by atoms with Crippen molar-refractivity contribution < 1.29 is 4.74 Å². The van der Waals surface area contributed by atoms with Crippen molar-refractivity contribution in [2.75, 3.05) is 26.8 Å². The second-order valence-electron chi connectivity index (χ2n) is 4.62. The Morgan fingerprint density at radius 3 is 2.25 bits per heavy atom. The van der Waals surface area contributed by atoms with E-state index in [0.717, 1.165) is 26.1 Å². The summed E-state index contributed by atoms with van der Waals surface area (Å²) in [4.78, 5) is 2.55. The van der Waals surface area contributed by atoms with Crippen molar-refractivity contribution in [2.45, 2.75) is 58.5 Å². The zero-order valence-corrected chi connectivity index (χ0v) is 11.5. The molecule has 98 valence electrons. The van der Waals surface area contributed by atoms with E-state index in [2.05, 4.69) is 25.7 Å². The third-order valence-electron chi connectivity index (χ3n) is 3.15. The Morgan fingerprint density at radius 1 is 1.19 bits per heavy atom. The number of hydrogen-bond acceptors (Lipinski definition) is 3. The topological polar surface area (TPSA) is 38.5 Å². The Labute approximate surface area is 101 Å². The van der Waals surface area contributed by atoms with Crippen molar-refractivity contribution in [2.24, 2.45) is 5.73 Å². The van der Waals surface area contributed by atoms with Crippen molar-refractivity contribution in [3.8, 4) is 0 Å². The van der Waals surface area contributed by atoms with Gasteiger partial charge in [0.25, 0.3) is 0 Å². The van der Waals surface area contributed by atoms with E-state index in [9.17, 15) is 0 Å². The average Bonchev–Trinajstić information content (AvgIpc) is 2.26. The fraction of sp³-hybridized carbons (Fsp3) is 1.00. The van der Waals surface area contributed by atoms with Crippen LogP contribution in [0.15, 0.2) is 0 Å². The maximum atomic E-state index is 5.78. The van der Waals surface area contributed by atoms with Crippen LogP contribution >= 0.6 is 0 Å². The predicted molar refractivity (Wildman–Crippen MR) is 70.7 cm³/mol. The van der Waals surface area contributed by atoms with Gasteiger partial charge in [-0.25, -0.2) is 0 Å². The van der Waals surface area contributed by atoms with Crippen molar-refractivity contribution in [3.63, 3.8) is 0 Å². The van der Waals surface area contributed by atoms with Crippen LogP contribution in [0.25, 0.3) is 0 Å². The molecule has 0 saturated heterocycles. The smallest absolute Gasteiger partial charge is 0.0589 e. The molecule has 0 aromatic carbocycles. The van der Waals surface area contributed by atoms with E-state index in [4.69, 9.17) is 10.5 Å². The molecule has 0 rings (SSSR count). The standard InChI is InChI=1S/C13H30N2O/c1-5-13(6-2)15(10-11-16-4)9-7-8-12(3)14/h12-13H,5-11,14H2,1-4H3. The second kappa shape index (κ2) is 10.1. The number of rotatable bonds is 10. The molecular weight excluding hydrogens is 200 g/mol. The third-order valence-corrected chi connectivity index (χ3v) is 3.15. The van der Waals surface area contributed by atoms with Crippen LogP contribution in [-0.2, 0) is 4.74 Å². The van der Waals surface area contributed by atoms with Gasteiger partial charge in [-0.15, -0.1) is 0 Å². The van der Waals surface area contributed by atoms with E-state index >= 15 is 0 Å². The summed E-state index contributed by atoms with van der Waals surface area (Å²) >= 11 is 0. The van der Waals surface area contributed by atoms with E-state index < -0.39 is 0 Å². The van der Waals surface area contributed by atoms with Crippen LogP contribution in [0.3, 0.4) is 0 Å². The van der Waals surface area contributed by atoms with Crippen molar-refractivity contribution in [1.29, 1.82) is 0 Å². The van der Waals surface area contributed by atoms with E-state index in [1.165, 1.54) is 19.3 Å². The van der Waals surface area contributed by atoms with Crippen LogP contribution in [0.2, 0.25) is 0 Å². The van der Waals surface area contributed by atoms with Crippen LogP contribution in [0, 0.1) is 0 Å². The Kier molecular flexibility index (Phi) is 9.99. The molecule has 0 aromatic heterocycles. The van der Waals surface area contributed by atoms with Gasteiger partial charge in [0.15, 0.2) is 0 Å². The number of ether oxygens (including phenoxy) is 1. The second-order valence-corrected chi connectivity index (χ2v) is 4.62. The molecule has 1 unspecified atom stereocenters. The maximum absolute atomic E-state index is 5.78. The molecule has 2 N–H and O–H groups in total. The summed E-state index contributed by atoms with van der Waals surface area (Å²) in [6, 6.07) is 1.02. The first-order valence-electron chi connectivity index (χ1n) is 6.64. The first-order valence-corrected chi connectivity index (χ1v) is 6.64. The summed E-state index contributed by atoms with van der Waals surface area (Å²) in [5.41, 5.74) is 5.78. The highest BCUT2D eigenvalue weighted by molar-refractivity contribution is 4.69. The highest BCUT2D eigenvalue weighted by Crippen LogP contribution is 2.10. The lowest BCUT2D eigenvalue weighted by atomic mass is 10.1. The Morgan fingerprint density at radius 2 is 1.81 bits per heavy atom. The normalized spacial score (nSPS) is 13.7. The molecule has 0 spiro atoms. The van der Waals surface area contributed by atoms with Gasteiger partial charge in [-0.2, -0.15) is 0 Å². The van der Waals surface area contributed by atoms with Crippen molar-refractivity contribution in [1.82, 2.24) is 4.90 Å². The lowest BCUT2D eigenvalue weighted by Gasteiger charge is -2.30. The van der Waals surface area contributed by atoms with Gasteiger partial charge >= 0.3 is 0 Å². The molecule has 0 amide bonds. The lowest BCUT2D eigenvalue weighted by molar-refractivity contribution is 0.113. The summed E-state index contributed by atoms with van der Waals surface area (Å²) in [5.74, 6) is 0. The van der Waals surface area contributed by atoms with Crippen LogP contribution in [-0.4, -0.2) is 43.8 Å². The van der Waals surface area contributed by atoms with E-state index in [0.29, 0.717) is 12.1 Å². The zero-order valence-electron chi connectivity index (χ0n) is 11.5. The van der Waals surface area contributed by atoms with E-state index in [-0.39, 0.29) is 0 Å². The molecule has 0 aliphatic heterocycles. The summed E-state index contributed by atoms with van der Waals surface area (Å²) in [5, 5.41) is 0. The fourth-order valence-corrected chi connectivity index (χ4v) is 2.11. The van der Waals surface area contributed by atoms with E-state index in [1.807, 2.05) is 0 Å². The fourth-order valence-electron chi connectivity index (χ4n) is 2.11. The van der Waals surface area contributed by atoms with Gasteiger partial charge in [-0.1, -0.05) is 13.8 Å². The SMILES string of the molecule is CCC(CC)N(CCCC(C)N)CCOC. The first kappa shape index (κ1) is 15.9. The molecule has 0 aliphatic rings. The zero-order chi connectivity index (χ0) is 12.4. The minimum atomic E-state index is 0.325. The molecule has 0 aromatic rings. The largest absolute Gasteiger partial charge is 0.383 e. The van der Waals surface area contributed by atoms with Gasteiger partial charge in [0.2, 0.25) is 0 Å². The molecule has 16 heavy (non-hydrogen) atoms. The monoisotopic (exact) mass is 230 g/mol. The molecule has 0 saturated carbocycles.